The molecule has 13 aromatic rings. The monoisotopic (exact) mass is 953 g/mol. The van der Waals surface area contributed by atoms with Crippen molar-refractivity contribution >= 4 is 39.0 Å². The van der Waals surface area contributed by atoms with Crippen molar-refractivity contribution in [3.05, 3.63) is 307 Å². The zero-order valence-electron chi connectivity index (χ0n) is 41.0. The summed E-state index contributed by atoms with van der Waals surface area (Å²) in [6.07, 6.45) is 0. The largest absolute Gasteiger partial charge is 0.309 e. The lowest BCUT2D eigenvalue weighted by Gasteiger charge is -2.44. The fourth-order valence-electron chi connectivity index (χ4n) is 12.4. The molecule has 3 nitrogen and oxygen atoms in total. The van der Waals surface area contributed by atoms with Crippen LogP contribution in [0.15, 0.2) is 285 Å². The molecule has 0 saturated carbocycles. The van der Waals surface area contributed by atoms with Gasteiger partial charge >= 0.3 is 0 Å². The Hall–Kier alpha value is -9.83. The fourth-order valence-corrected chi connectivity index (χ4v) is 12.4. The fraction of sp³-hybridized carbons (Fsp3) is 0.0139. The van der Waals surface area contributed by atoms with Gasteiger partial charge in [0.25, 0.3) is 0 Å². The van der Waals surface area contributed by atoms with Crippen molar-refractivity contribution in [2.75, 3.05) is 4.90 Å². The summed E-state index contributed by atoms with van der Waals surface area (Å²) in [5, 5.41) is 2.49. The molecule has 0 fully saturated rings. The Morgan fingerprint density at radius 2 is 0.747 bits per heavy atom. The second-order valence-corrected chi connectivity index (χ2v) is 19.8. The standard InChI is InChI=1S/C72H47N3/c1-4-18-48(19-5-1)50-36-40-57(41-37-50)74-67-29-15-11-25-60(67)61-44-54(39-43-68(61)74)51-32-34-52(35-33-51)55-38-42-59-58-24-10-12-26-62(58)72(65(59)45-55)63-27-13-16-30-69(63)75(70-31-17-14-28-64(70)72)71-47-56(49-20-6-2-7-21-49)46-66(73-71)53-22-8-3-9-23-53/h1-47H. The van der Waals surface area contributed by atoms with Gasteiger partial charge in [-0.1, -0.05) is 224 Å². The molecule has 0 atom stereocenters. The van der Waals surface area contributed by atoms with Crippen molar-refractivity contribution < 1.29 is 0 Å². The van der Waals surface area contributed by atoms with Crippen LogP contribution >= 0.6 is 0 Å². The van der Waals surface area contributed by atoms with Crippen LogP contribution in [0.5, 0.6) is 0 Å². The predicted octanol–water partition coefficient (Wildman–Crippen LogP) is 18.7. The van der Waals surface area contributed by atoms with Gasteiger partial charge in [-0.25, -0.2) is 4.98 Å². The van der Waals surface area contributed by atoms with Crippen LogP contribution in [0.2, 0.25) is 0 Å². The molecule has 0 unspecified atom stereocenters. The number of pyridine rings is 1. The molecule has 15 rings (SSSR count). The summed E-state index contributed by atoms with van der Waals surface area (Å²) in [5.41, 5.74) is 24.2. The summed E-state index contributed by atoms with van der Waals surface area (Å²) >= 11 is 0. The van der Waals surface area contributed by atoms with Crippen LogP contribution in [0, 0.1) is 0 Å². The lowest BCUT2D eigenvalue weighted by Crippen LogP contribution is -2.36. The first-order valence-corrected chi connectivity index (χ1v) is 25.9. The van der Waals surface area contributed by atoms with Gasteiger partial charge < -0.3 is 4.57 Å². The molecule has 11 aromatic carbocycles. The SMILES string of the molecule is c1ccc(-c2ccc(-n3c4ccccc4c4cc(-c5ccc(-c6ccc7c(c6)C6(c8ccccc8-7)c7ccccc7N(c7cc(-c8ccccc8)cc(-c8ccccc8)n7)c7ccccc76)cc5)ccc43)cc2)cc1. The van der Waals surface area contributed by atoms with Crippen molar-refractivity contribution in [1.82, 2.24) is 9.55 Å². The van der Waals surface area contributed by atoms with Crippen LogP contribution < -0.4 is 4.90 Å². The molecule has 2 aliphatic rings. The smallest absolute Gasteiger partial charge is 0.138 e. The van der Waals surface area contributed by atoms with Gasteiger partial charge in [0, 0.05) is 22.0 Å². The molecule has 0 saturated heterocycles. The van der Waals surface area contributed by atoms with Gasteiger partial charge in [0.2, 0.25) is 0 Å². The minimum Gasteiger partial charge on any atom is -0.309 e. The van der Waals surface area contributed by atoms with Crippen molar-refractivity contribution in [2.45, 2.75) is 5.41 Å². The highest BCUT2D eigenvalue weighted by Crippen LogP contribution is 2.63. The number of para-hydroxylation sites is 3. The minimum absolute atomic E-state index is 0.594. The average molecular weight is 954 g/mol. The van der Waals surface area contributed by atoms with E-state index in [-0.39, 0.29) is 0 Å². The molecule has 350 valence electrons. The number of benzene rings is 11. The number of hydrogen-bond acceptors (Lipinski definition) is 2. The van der Waals surface area contributed by atoms with E-state index in [2.05, 4.69) is 295 Å². The van der Waals surface area contributed by atoms with E-state index in [0.717, 1.165) is 45.3 Å². The topological polar surface area (TPSA) is 21.1 Å². The molecule has 0 bridgehead atoms. The lowest BCUT2D eigenvalue weighted by atomic mass is 9.64. The van der Waals surface area contributed by atoms with E-state index >= 15 is 0 Å². The van der Waals surface area contributed by atoms with Crippen LogP contribution in [-0.4, -0.2) is 9.55 Å². The maximum absolute atomic E-state index is 5.51. The molecule has 75 heavy (non-hydrogen) atoms. The third-order valence-corrected chi connectivity index (χ3v) is 15.8. The third kappa shape index (κ3) is 6.72. The molecule has 0 N–H and O–H groups in total. The molecule has 1 aliphatic carbocycles. The Balaban J connectivity index is 0.837. The molecule has 0 radical (unpaired) electrons. The summed E-state index contributed by atoms with van der Waals surface area (Å²) in [5.74, 6) is 0.879. The average Bonchev–Trinajstić information content (AvgIpc) is 4.17. The maximum Gasteiger partial charge on any atom is 0.138 e. The minimum atomic E-state index is -0.594. The van der Waals surface area contributed by atoms with Gasteiger partial charge in [0.15, 0.2) is 0 Å². The number of nitrogens with zero attached hydrogens (tertiary/aromatic N) is 3. The highest BCUT2D eigenvalue weighted by atomic mass is 15.2. The Labute approximate surface area is 436 Å². The quantitative estimate of drug-likeness (QED) is 0.159. The van der Waals surface area contributed by atoms with E-state index in [0.29, 0.717) is 0 Å². The molecule has 1 spiro atoms. The Morgan fingerprint density at radius 1 is 0.280 bits per heavy atom. The van der Waals surface area contributed by atoms with Crippen LogP contribution in [-0.2, 0) is 5.41 Å². The van der Waals surface area contributed by atoms with E-state index < -0.39 is 5.41 Å². The molecular weight excluding hydrogens is 907 g/mol. The summed E-state index contributed by atoms with van der Waals surface area (Å²) in [6, 6.07) is 104. The first-order valence-electron chi connectivity index (χ1n) is 25.9. The molecule has 3 heteroatoms. The Kier molecular flexibility index (Phi) is 9.79. The third-order valence-electron chi connectivity index (χ3n) is 15.8. The van der Waals surface area contributed by atoms with Gasteiger partial charge in [0.05, 0.1) is 33.5 Å². The molecule has 2 aromatic heterocycles. The zero-order chi connectivity index (χ0) is 49.5. The predicted molar refractivity (Wildman–Crippen MR) is 311 cm³/mol. The zero-order valence-corrected chi connectivity index (χ0v) is 41.0. The Bertz CT molecular complexity index is 4220. The van der Waals surface area contributed by atoms with E-state index in [4.69, 9.17) is 4.98 Å². The number of anilines is 3. The maximum atomic E-state index is 5.51. The van der Waals surface area contributed by atoms with E-state index in [9.17, 15) is 0 Å². The molecule has 1 aliphatic heterocycles. The van der Waals surface area contributed by atoms with E-state index in [1.807, 2.05) is 0 Å². The number of hydrogen-bond donors (Lipinski definition) is 0. The van der Waals surface area contributed by atoms with E-state index in [1.165, 1.54) is 88.6 Å². The van der Waals surface area contributed by atoms with E-state index in [1.54, 1.807) is 0 Å². The van der Waals surface area contributed by atoms with Crippen molar-refractivity contribution in [1.29, 1.82) is 0 Å². The first-order chi connectivity index (χ1) is 37.2. The van der Waals surface area contributed by atoms with Crippen molar-refractivity contribution in [3.8, 4) is 72.6 Å². The van der Waals surface area contributed by atoms with Crippen LogP contribution in [0.1, 0.15) is 22.3 Å². The van der Waals surface area contributed by atoms with Gasteiger partial charge in [-0.2, -0.15) is 0 Å². The lowest BCUT2D eigenvalue weighted by molar-refractivity contribution is 0.751. The van der Waals surface area contributed by atoms with Gasteiger partial charge in [-0.3, -0.25) is 4.90 Å². The number of aromatic nitrogens is 2. The van der Waals surface area contributed by atoms with Gasteiger partial charge in [-0.05, 0) is 139 Å². The summed E-state index contributed by atoms with van der Waals surface area (Å²) in [7, 11) is 0. The number of fused-ring (bicyclic) bond motifs is 12. The normalized spacial score (nSPS) is 12.9. The van der Waals surface area contributed by atoms with Crippen molar-refractivity contribution in [3.63, 3.8) is 0 Å². The Morgan fingerprint density at radius 3 is 1.43 bits per heavy atom. The summed E-state index contributed by atoms with van der Waals surface area (Å²) in [6.45, 7) is 0. The molecular formula is C72H47N3. The highest BCUT2D eigenvalue weighted by Gasteiger charge is 2.52. The number of rotatable bonds is 7. The second kappa shape index (κ2) is 17.2. The first kappa shape index (κ1) is 42.8. The highest BCUT2D eigenvalue weighted by molar-refractivity contribution is 6.10. The molecule has 0 amide bonds. The van der Waals surface area contributed by atoms with Gasteiger partial charge in [-0.15, -0.1) is 0 Å². The summed E-state index contributed by atoms with van der Waals surface area (Å²) in [4.78, 5) is 7.91. The summed E-state index contributed by atoms with van der Waals surface area (Å²) < 4.78 is 2.40. The molecule has 3 heterocycles. The van der Waals surface area contributed by atoms with Crippen LogP contribution in [0.3, 0.4) is 0 Å². The van der Waals surface area contributed by atoms with Crippen molar-refractivity contribution in [2.24, 2.45) is 0 Å². The second-order valence-electron chi connectivity index (χ2n) is 19.8. The van der Waals surface area contributed by atoms with Crippen LogP contribution in [0.4, 0.5) is 17.2 Å². The van der Waals surface area contributed by atoms with Gasteiger partial charge in [0.1, 0.15) is 5.82 Å². The van der Waals surface area contributed by atoms with Crippen LogP contribution in [0.25, 0.3) is 94.4 Å².